The molecular formula is C23H32N6O2. The fourth-order valence-electron chi connectivity index (χ4n) is 3.99. The predicted molar refractivity (Wildman–Crippen MR) is 122 cm³/mol. The summed E-state index contributed by atoms with van der Waals surface area (Å²) in [6, 6.07) is 8.49. The van der Waals surface area contributed by atoms with Gasteiger partial charge in [0.15, 0.2) is 0 Å². The molecule has 2 heterocycles. The molecular weight excluding hydrogens is 392 g/mol. The van der Waals surface area contributed by atoms with Crippen LogP contribution >= 0.6 is 0 Å². The number of amides is 1. The smallest absolute Gasteiger partial charge is 0.277 e. The van der Waals surface area contributed by atoms with Crippen LogP contribution in [0.4, 0.5) is 11.6 Å². The largest absolute Gasteiger partial charge is 0.351 e. The zero-order valence-electron chi connectivity index (χ0n) is 18.4. The highest BCUT2D eigenvalue weighted by Crippen LogP contribution is 2.23. The third kappa shape index (κ3) is 6.02. The lowest BCUT2D eigenvalue weighted by Crippen LogP contribution is -2.39. The first-order chi connectivity index (χ1) is 15.0. The van der Waals surface area contributed by atoms with E-state index in [1.807, 2.05) is 13.2 Å². The number of piperidine rings is 1. The summed E-state index contributed by atoms with van der Waals surface area (Å²) in [5, 5.41) is 8.68. The predicted octanol–water partition coefficient (Wildman–Crippen LogP) is 2.57. The Labute approximate surface area is 184 Å². The number of carbonyl (C=O) groups is 1. The molecule has 0 bridgehead atoms. The zero-order valence-corrected chi connectivity index (χ0v) is 18.4. The van der Waals surface area contributed by atoms with Gasteiger partial charge in [0.05, 0.1) is 5.56 Å². The summed E-state index contributed by atoms with van der Waals surface area (Å²) in [6.45, 7) is 7.76. The summed E-state index contributed by atoms with van der Waals surface area (Å²) < 4.78 is 0. The Kier molecular flexibility index (Phi) is 7.97. The van der Waals surface area contributed by atoms with E-state index in [0.717, 1.165) is 45.4 Å². The number of anilines is 2. The van der Waals surface area contributed by atoms with Gasteiger partial charge < -0.3 is 14.7 Å². The van der Waals surface area contributed by atoms with E-state index in [0.29, 0.717) is 11.9 Å². The average Bonchev–Trinajstić information content (AvgIpc) is 2.82. The van der Waals surface area contributed by atoms with Crippen LogP contribution in [0.5, 0.6) is 0 Å². The number of nitrogens with one attached hydrogen (secondary N) is 1. The summed E-state index contributed by atoms with van der Waals surface area (Å²) in [5.41, 5.74) is 4.38. The van der Waals surface area contributed by atoms with Crippen molar-refractivity contribution in [3.05, 3.63) is 60.6 Å². The van der Waals surface area contributed by atoms with E-state index in [-0.39, 0.29) is 5.56 Å². The van der Waals surface area contributed by atoms with Crippen molar-refractivity contribution in [3.63, 3.8) is 0 Å². The van der Waals surface area contributed by atoms with E-state index in [4.69, 9.17) is 5.21 Å². The number of aromatic nitrogens is 2. The van der Waals surface area contributed by atoms with Crippen molar-refractivity contribution in [2.75, 3.05) is 50.1 Å². The maximum atomic E-state index is 11.4. The number of hydrogen-bond acceptors (Lipinski definition) is 7. The van der Waals surface area contributed by atoms with Crippen LogP contribution in [0.15, 0.2) is 49.4 Å². The van der Waals surface area contributed by atoms with Crippen molar-refractivity contribution in [2.45, 2.75) is 19.3 Å². The van der Waals surface area contributed by atoms with Gasteiger partial charge in [-0.3, -0.25) is 10.0 Å². The minimum absolute atomic E-state index is 0.239. The maximum absolute atomic E-state index is 11.4. The molecule has 2 N–H and O–H groups in total. The highest BCUT2D eigenvalue weighted by Gasteiger charge is 2.22. The lowest BCUT2D eigenvalue weighted by molar-refractivity contribution is 0.0705. The van der Waals surface area contributed by atoms with Crippen LogP contribution < -0.4 is 15.3 Å². The standard InChI is InChI=1S/C23H32N6O2/c1-4-28(3)21-8-6-5-7-19(21)11-12-27(2)17-18-9-13-29(14-10-18)23-24-15-20(16-25-23)22(30)26-31/h4-8,15-16,18,31H,1,9-14,17H2,2-3H3,(H,26,30). The third-order valence-corrected chi connectivity index (χ3v) is 5.88. The Morgan fingerprint density at radius 2 is 1.94 bits per heavy atom. The van der Waals surface area contributed by atoms with E-state index in [2.05, 4.69) is 62.6 Å². The van der Waals surface area contributed by atoms with Crippen LogP contribution in [0.25, 0.3) is 0 Å². The van der Waals surface area contributed by atoms with Gasteiger partial charge in [0, 0.05) is 51.3 Å². The fraction of sp³-hybridized carbons (Fsp3) is 0.435. The molecule has 31 heavy (non-hydrogen) atoms. The van der Waals surface area contributed by atoms with Gasteiger partial charge in [0.2, 0.25) is 5.95 Å². The molecule has 1 amide bonds. The molecule has 0 unspecified atom stereocenters. The molecule has 8 nitrogen and oxygen atoms in total. The number of carbonyl (C=O) groups excluding carboxylic acids is 1. The van der Waals surface area contributed by atoms with Crippen molar-refractivity contribution in [3.8, 4) is 0 Å². The van der Waals surface area contributed by atoms with Gasteiger partial charge in [0.1, 0.15) is 0 Å². The summed E-state index contributed by atoms with van der Waals surface area (Å²) in [5.74, 6) is 0.670. The Bertz CT molecular complexity index is 865. The second-order valence-electron chi connectivity index (χ2n) is 8.08. The van der Waals surface area contributed by atoms with Gasteiger partial charge >= 0.3 is 0 Å². The Balaban J connectivity index is 1.46. The number of nitrogens with zero attached hydrogens (tertiary/aromatic N) is 5. The summed E-state index contributed by atoms with van der Waals surface area (Å²) in [6.07, 6.45) is 7.90. The molecule has 1 fully saturated rings. The molecule has 3 rings (SSSR count). The fourth-order valence-corrected chi connectivity index (χ4v) is 3.99. The summed E-state index contributed by atoms with van der Waals surface area (Å²) in [4.78, 5) is 26.6. The van der Waals surface area contributed by atoms with Gasteiger partial charge in [-0.25, -0.2) is 15.4 Å². The quantitative estimate of drug-likeness (QED) is 0.473. The summed E-state index contributed by atoms with van der Waals surface area (Å²) in [7, 11) is 4.22. The molecule has 1 aromatic heterocycles. The maximum Gasteiger partial charge on any atom is 0.277 e. The van der Waals surface area contributed by atoms with Crippen molar-refractivity contribution >= 4 is 17.5 Å². The second kappa shape index (κ2) is 10.9. The number of hydrogen-bond donors (Lipinski definition) is 2. The van der Waals surface area contributed by atoms with E-state index in [9.17, 15) is 4.79 Å². The SMILES string of the molecule is C=CN(C)c1ccccc1CCN(C)CC1CCN(c2ncc(C(=O)NO)cn2)CC1. The first-order valence-electron chi connectivity index (χ1n) is 10.6. The molecule has 8 heteroatoms. The molecule has 0 aliphatic carbocycles. The molecule has 0 spiro atoms. The molecule has 0 atom stereocenters. The zero-order chi connectivity index (χ0) is 22.2. The number of rotatable bonds is 9. The third-order valence-electron chi connectivity index (χ3n) is 5.88. The lowest BCUT2D eigenvalue weighted by Gasteiger charge is -2.34. The number of benzene rings is 1. The van der Waals surface area contributed by atoms with E-state index >= 15 is 0 Å². The van der Waals surface area contributed by atoms with Crippen LogP contribution in [-0.4, -0.2) is 66.3 Å². The normalized spacial score (nSPS) is 14.5. The first-order valence-corrected chi connectivity index (χ1v) is 10.6. The second-order valence-corrected chi connectivity index (χ2v) is 8.08. The highest BCUT2D eigenvalue weighted by molar-refractivity contribution is 5.92. The van der Waals surface area contributed by atoms with Crippen LogP contribution in [0.1, 0.15) is 28.8 Å². The molecule has 1 aliphatic heterocycles. The van der Waals surface area contributed by atoms with Crippen molar-refractivity contribution in [2.24, 2.45) is 5.92 Å². The Morgan fingerprint density at radius 3 is 2.58 bits per heavy atom. The number of hydroxylamine groups is 1. The number of likely N-dealkylation sites (N-methyl/N-ethyl adjacent to an activating group) is 1. The minimum atomic E-state index is -0.605. The Morgan fingerprint density at radius 1 is 1.26 bits per heavy atom. The molecule has 0 saturated carbocycles. The monoisotopic (exact) mass is 424 g/mol. The van der Waals surface area contributed by atoms with Gasteiger partial charge in [0.25, 0.3) is 5.91 Å². The molecule has 166 valence electrons. The van der Waals surface area contributed by atoms with Gasteiger partial charge in [-0.05, 0) is 50.1 Å². The molecule has 0 radical (unpaired) electrons. The van der Waals surface area contributed by atoms with Crippen LogP contribution in [0.2, 0.25) is 0 Å². The topological polar surface area (TPSA) is 84.8 Å². The summed E-state index contributed by atoms with van der Waals surface area (Å²) >= 11 is 0. The van der Waals surface area contributed by atoms with Crippen molar-refractivity contribution in [1.82, 2.24) is 20.3 Å². The number of para-hydroxylation sites is 1. The van der Waals surface area contributed by atoms with Crippen LogP contribution in [0, 0.1) is 5.92 Å². The molecule has 1 saturated heterocycles. The average molecular weight is 425 g/mol. The molecule has 1 aromatic carbocycles. The molecule has 1 aliphatic rings. The minimum Gasteiger partial charge on any atom is -0.351 e. The van der Waals surface area contributed by atoms with E-state index < -0.39 is 5.91 Å². The van der Waals surface area contributed by atoms with Crippen molar-refractivity contribution < 1.29 is 10.0 Å². The van der Waals surface area contributed by atoms with E-state index in [1.165, 1.54) is 23.6 Å². The van der Waals surface area contributed by atoms with Gasteiger partial charge in [-0.2, -0.15) is 0 Å². The van der Waals surface area contributed by atoms with Gasteiger partial charge in [-0.1, -0.05) is 24.8 Å². The van der Waals surface area contributed by atoms with Gasteiger partial charge in [-0.15, -0.1) is 0 Å². The first kappa shape index (κ1) is 22.7. The van der Waals surface area contributed by atoms with E-state index in [1.54, 1.807) is 5.48 Å². The van der Waals surface area contributed by atoms with Crippen LogP contribution in [-0.2, 0) is 6.42 Å². The molecule has 2 aromatic rings. The highest BCUT2D eigenvalue weighted by atomic mass is 16.5. The van der Waals surface area contributed by atoms with Crippen LogP contribution in [0.3, 0.4) is 0 Å². The van der Waals surface area contributed by atoms with Crippen molar-refractivity contribution in [1.29, 1.82) is 0 Å². The lowest BCUT2D eigenvalue weighted by atomic mass is 9.96. The Hall–Kier alpha value is -2.97.